The van der Waals surface area contributed by atoms with Gasteiger partial charge >= 0.3 is 0 Å². The molecular formula is C20H20N2O2. The van der Waals surface area contributed by atoms with Gasteiger partial charge in [0.25, 0.3) is 11.8 Å². The van der Waals surface area contributed by atoms with E-state index in [4.69, 9.17) is 0 Å². The lowest BCUT2D eigenvalue weighted by Gasteiger charge is -2.23. The predicted molar refractivity (Wildman–Crippen MR) is 95.2 cm³/mol. The molecule has 4 heteroatoms. The summed E-state index contributed by atoms with van der Waals surface area (Å²) in [5, 5.41) is 0. The number of para-hydroxylation sites is 1. The highest BCUT2D eigenvalue weighted by Crippen LogP contribution is 2.34. The highest BCUT2D eigenvalue weighted by atomic mass is 16.2. The zero-order chi connectivity index (χ0) is 17.3. The normalized spacial score (nSPS) is 14.8. The maximum absolute atomic E-state index is 13.0. The number of rotatable bonds is 4. The van der Waals surface area contributed by atoms with E-state index in [1.807, 2.05) is 81.6 Å². The Morgan fingerprint density at radius 2 is 1.38 bits per heavy atom. The van der Waals surface area contributed by atoms with Crippen molar-refractivity contribution in [1.29, 1.82) is 0 Å². The minimum Gasteiger partial charge on any atom is -0.339 e. The van der Waals surface area contributed by atoms with Crippen molar-refractivity contribution in [3.05, 3.63) is 71.9 Å². The van der Waals surface area contributed by atoms with Crippen LogP contribution in [0.25, 0.3) is 5.57 Å². The Hall–Kier alpha value is -2.88. The SMILES string of the molecule is CC(C)N1C(=O)C(c2ccccc2)=C(N(C)c2ccccc2)C1=O. The number of benzene rings is 2. The maximum atomic E-state index is 13.0. The number of likely N-dealkylation sites (N-methyl/N-ethyl adjacent to an activating group) is 1. The van der Waals surface area contributed by atoms with Gasteiger partial charge in [-0.1, -0.05) is 48.5 Å². The summed E-state index contributed by atoms with van der Waals surface area (Å²) in [5.74, 6) is -0.487. The molecule has 0 N–H and O–H groups in total. The third-order valence-corrected chi connectivity index (χ3v) is 4.15. The van der Waals surface area contributed by atoms with Crippen LogP contribution in [0.1, 0.15) is 19.4 Å². The zero-order valence-corrected chi connectivity index (χ0v) is 14.1. The molecule has 0 spiro atoms. The average molecular weight is 320 g/mol. The van der Waals surface area contributed by atoms with Gasteiger partial charge in [0, 0.05) is 18.8 Å². The van der Waals surface area contributed by atoms with Crippen molar-refractivity contribution in [2.45, 2.75) is 19.9 Å². The van der Waals surface area contributed by atoms with Gasteiger partial charge in [-0.15, -0.1) is 0 Å². The fraction of sp³-hybridized carbons (Fsp3) is 0.200. The van der Waals surface area contributed by atoms with E-state index in [0.29, 0.717) is 11.3 Å². The third-order valence-electron chi connectivity index (χ3n) is 4.15. The lowest BCUT2D eigenvalue weighted by molar-refractivity contribution is -0.138. The van der Waals surface area contributed by atoms with Gasteiger partial charge < -0.3 is 4.90 Å². The molecule has 24 heavy (non-hydrogen) atoms. The molecule has 0 bridgehead atoms. The van der Waals surface area contributed by atoms with Crippen LogP contribution in [-0.2, 0) is 9.59 Å². The molecular weight excluding hydrogens is 300 g/mol. The Kier molecular flexibility index (Phi) is 4.21. The largest absolute Gasteiger partial charge is 0.339 e. The highest BCUT2D eigenvalue weighted by molar-refractivity contribution is 6.36. The molecule has 2 aromatic carbocycles. The predicted octanol–water partition coefficient (Wildman–Crippen LogP) is 3.31. The van der Waals surface area contributed by atoms with Crippen LogP contribution in [0.5, 0.6) is 0 Å². The van der Waals surface area contributed by atoms with Gasteiger partial charge in [-0.3, -0.25) is 14.5 Å². The minimum absolute atomic E-state index is 0.189. The summed E-state index contributed by atoms with van der Waals surface area (Å²) in [6.45, 7) is 3.70. The molecule has 0 fully saturated rings. The van der Waals surface area contributed by atoms with E-state index in [1.165, 1.54) is 4.90 Å². The van der Waals surface area contributed by atoms with Gasteiger partial charge in [-0.25, -0.2) is 0 Å². The number of nitrogens with zero attached hydrogens (tertiary/aromatic N) is 2. The number of imide groups is 1. The second-order valence-corrected chi connectivity index (χ2v) is 6.06. The van der Waals surface area contributed by atoms with E-state index in [9.17, 15) is 9.59 Å². The van der Waals surface area contributed by atoms with Crippen molar-refractivity contribution in [2.24, 2.45) is 0 Å². The Bertz CT molecular complexity index is 795. The molecule has 2 amide bonds. The van der Waals surface area contributed by atoms with Crippen LogP contribution < -0.4 is 4.90 Å². The number of carbonyl (C=O) groups is 2. The van der Waals surface area contributed by atoms with Crippen molar-refractivity contribution in [2.75, 3.05) is 11.9 Å². The van der Waals surface area contributed by atoms with Gasteiger partial charge in [0.15, 0.2) is 0 Å². The van der Waals surface area contributed by atoms with Crippen LogP contribution in [0.2, 0.25) is 0 Å². The summed E-state index contributed by atoms with van der Waals surface area (Å²) in [7, 11) is 1.82. The monoisotopic (exact) mass is 320 g/mol. The zero-order valence-electron chi connectivity index (χ0n) is 14.1. The summed E-state index contributed by atoms with van der Waals surface area (Å²) in [4.78, 5) is 29.0. The molecule has 0 radical (unpaired) electrons. The summed E-state index contributed by atoms with van der Waals surface area (Å²) in [6, 6.07) is 18.8. The highest BCUT2D eigenvalue weighted by Gasteiger charge is 2.42. The first-order valence-electron chi connectivity index (χ1n) is 7.98. The molecule has 0 saturated heterocycles. The topological polar surface area (TPSA) is 40.6 Å². The summed E-state index contributed by atoms with van der Waals surface area (Å²) < 4.78 is 0. The molecule has 2 aromatic rings. The summed E-state index contributed by atoms with van der Waals surface area (Å²) in [5.41, 5.74) is 2.51. The first-order chi connectivity index (χ1) is 11.5. The number of hydrogen-bond acceptors (Lipinski definition) is 3. The van der Waals surface area contributed by atoms with E-state index in [2.05, 4.69) is 0 Å². The van der Waals surface area contributed by atoms with Crippen molar-refractivity contribution in [3.8, 4) is 0 Å². The number of carbonyl (C=O) groups excluding carboxylic acids is 2. The van der Waals surface area contributed by atoms with Crippen molar-refractivity contribution in [3.63, 3.8) is 0 Å². The first-order valence-corrected chi connectivity index (χ1v) is 7.98. The van der Waals surface area contributed by atoms with Crippen molar-refractivity contribution < 1.29 is 9.59 Å². The summed E-state index contributed by atoms with van der Waals surface area (Å²) >= 11 is 0. The van der Waals surface area contributed by atoms with Crippen LogP contribution in [-0.4, -0.2) is 29.8 Å². The fourth-order valence-corrected chi connectivity index (χ4v) is 2.96. The molecule has 1 heterocycles. The molecule has 122 valence electrons. The van der Waals surface area contributed by atoms with Crippen LogP contribution in [0.15, 0.2) is 66.4 Å². The van der Waals surface area contributed by atoms with E-state index < -0.39 is 0 Å². The second kappa shape index (κ2) is 6.32. The average Bonchev–Trinajstić information content (AvgIpc) is 2.86. The molecule has 0 unspecified atom stereocenters. The van der Waals surface area contributed by atoms with Gasteiger partial charge in [0.1, 0.15) is 5.70 Å². The van der Waals surface area contributed by atoms with Crippen LogP contribution >= 0.6 is 0 Å². The van der Waals surface area contributed by atoms with E-state index >= 15 is 0 Å². The Morgan fingerprint density at radius 3 is 1.92 bits per heavy atom. The molecule has 0 aliphatic carbocycles. The molecule has 3 rings (SSSR count). The molecule has 4 nitrogen and oxygen atoms in total. The van der Waals surface area contributed by atoms with E-state index in [1.54, 1.807) is 4.90 Å². The standard InChI is InChI=1S/C20H20N2O2/c1-14(2)22-19(23)17(15-10-6-4-7-11-15)18(20(22)24)21(3)16-12-8-5-9-13-16/h4-14H,1-3H3. The number of amides is 2. The minimum atomic E-state index is -0.250. The quantitative estimate of drug-likeness (QED) is 0.812. The van der Waals surface area contributed by atoms with Gasteiger partial charge in [-0.2, -0.15) is 0 Å². The number of anilines is 1. The molecule has 0 atom stereocenters. The fourth-order valence-electron chi connectivity index (χ4n) is 2.96. The van der Waals surface area contributed by atoms with Crippen LogP contribution in [0.3, 0.4) is 0 Å². The van der Waals surface area contributed by atoms with Gasteiger partial charge in [0.05, 0.1) is 5.57 Å². The lowest BCUT2D eigenvalue weighted by atomic mass is 10.0. The second-order valence-electron chi connectivity index (χ2n) is 6.06. The maximum Gasteiger partial charge on any atom is 0.278 e. The third kappa shape index (κ3) is 2.60. The molecule has 1 aliphatic heterocycles. The number of hydrogen-bond donors (Lipinski definition) is 0. The Labute approximate surface area is 142 Å². The molecule has 1 aliphatic rings. The van der Waals surface area contributed by atoms with Crippen LogP contribution in [0.4, 0.5) is 5.69 Å². The van der Waals surface area contributed by atoms with Gasteiger partial charge in [0.2, 0.25) is 0 Å². The van der Waals surface area contributed by atoms with Gasteiger partial charge in [-0.05, 0) is 31.5 Å². The molecule has 0 saturated carbocycles. The molecule has 0 aromatic heterocycles. The van der Waals surface area contributed by atoms with E-state index in [-0.39, 0.29) is 17.9 Å². The van der Waals surface area contributed by atoms with Crippen molar-refractivity contribution >= 4 is 23.1 Å². The van der Waals surface area contributed by atoms with Crippen LogP contribution in [0, 0.1) is 0 Å². The Morgan fingerprint density at radius 1 is 0.833 bits per heavy atom. The lowest BCUT2D eigenvalue weighted by Crippen LogP contribution is -2.39. The smallest absolute Gasteiger partial charge is 0.278 e. The first kappa shape index (κ1) is 16.0. The summed E-state index contributed by atoms with van der Waals surface area (Å²) in [6.07, 6.45) is 0. The Balaban J connectivity index is 2.17. The van der Waals surface area contributed by atoms with Crippen molar-refractivity contribution in [1.82, 2.24) is 4.90 Å². The van der Waals surface area contributed by atoms with E-state index in [0.717, 1.165) is 11.3 Å².